The maximum Gasteiger partial charge on any atom is 0.161 e. The van der Waals surface area contributed by atoms with Crippen LogP contribution in [0.1, 0.15) is 24.6 Å². The maximum atomic E-state index is 11.1. The lowest BCUT2D eigenvalue weighted by atomic mass is 10.0. The van der Waals surface area contributed by atoms with Crippen LogP contribution in [0.3, 0.4) is 0 Å². The Kier molecular flexibility index (Phi) is 8.55. The van der Waals surface area contributed by atoms with Crippen molar-refractivity contribution in [2.75, 3.05) is 70.6 Å². The number of nitrogens with one attached hydrogen (secondary N) is 1. The SMILES string of the molecule is CCOc1cc(CNC[C@]2(O)CCN(c3cc(C)ncn3)C2)ccc1OCCN1CCOCC1. The number of hydrogen-bond acceptors (Lipinski definition) is 9. The summed E-state index contributed by atoms with van der Waals surface area (Å²) in [6, 6.07) is 8.01. The van der Waals surface area contributed by atoms with Crippen LogP contribution in [0, 0.1) is 6.92 Å². The van der Waals surface area contributed by atoms with Crippen LogP contribution in [0.25, 0.3) is 0 Å². The number of β-amino-alcohol motifs (C(OH)–C–C–N with tert-alkyl or cyclic N) is 1. The molecule has 0 unspecified atom stereocenters. The molecule has 3 heterocycles. The molecule has 0 amide bonds. The van der Waals surface area contributed by atoms with Crippen LogP contribution in [0.5, 0.6) is 11.5 Å². The molecule has 34 heavy (non-hydrogen) atoms. The lowest BCUT2D eigenvalue weighted by Gasteiger charge is -2.26. The van der Waals surface area contributed by atoms with E-state index in [0.717, 1.165) is 68.0 Å². The molecule has 0 spiro atoms. The van der Waals surface area contributed by atoms with Crippen LogP contribution in [0.15, 0.2) is 30.6 Å². The van der Waals surface area contributed by atoms with Crippen LogP contribution in [0.4, 0.5) is 5.82 Å². The highest BCUT2D eigenvalue weighted by atomic mass is 16.5. The quantitative estimate of drug-likeness (QED) is 0.507. The molecule has 1 atom stereocenters. The number of ether oxygens (including phenoxy) is 3. The molecular weight excluding hydrogens is 434 g/mol. The van der Waals surface area contributed by atoms with E-state index in [4.69, 9.17) is 14.2 Å². The minimum Gasteiger partial charge on any atom is -0.490 e. The predicted molar refractivity (Wildman–Crippen MR) is 131 cm³/mol. The molecule has 1 aromatic carbocycles. The first-order valence-electron chi connectivity index (χ1n) is 12.2. The Morgan fingerprint density at radius 1 is 1.12 bits per heavy atom. The molecule has 2 aliphatic heterocycles. The van der Waals surface area contributed by atoms with Gasteiger partial charge in [0.1, 0.15) is 18.8 Å². The second-order valence-corrected chi connectivity index (χ2v) is 9.03. The molecule has 2 N–H and O–H groups in total. The van der Waals surface area contributed by atoms with Crippen molar-refractivity contribution in [1.82, 2.24) is 20.2 Å². The van der Waals surface area contributed by atoms with Crippen LogP contribution < -0.4 is 19.7 Å². The highest BCUT2D eigenvalue weighted by Crippen LogP contribution is 2.29. The summed E-state index contributed by atoms with van der Waals surface area (Å²) in [6.45, 7) is 12.0. The number of nitrogens with zero attached hydrogens (tertiary/aromatic N) is 4. The molecule has 0 bridgehead atoms. The van der Waals surface area contributed by atoms with Crippen molar-refractivity contribution in [1.29, 1.82) is 0 Å². The van der Waals surface area contributed by atoms with Crippen molar-refractivity contribution in [2.24, 2.45) is 0 Å². The third-order valence-corrected chi connectivity index (χ3v) is 6.31. The number of morpholine rings is 1. The predicted octanol–water partition coefficient (Wildman–Crippen LogP) is 1.63. The summed E-state index contributed by atoms with van der Waals surface area (Å²) >= 11 is 0. The normalized spacial score (nSPS) is 21.1. The first-order chi connectivity index (χ1) is 16.5. The van der Waals surface area contributed by atoms with Gasteiger partial charge in [-0.3, -0.25) is 4.90 Å². The van der Waals surface area contributed by atoms with E-state index in [0.29, 0.717) is 39.3 Å². The van der Waals surface area contributed by atoms with Crippen molar-refractivity contribution >= 4 is 5.82 Å². The summed E-state index contributed by atoms with van der Waals surface area (Å²) in [5.74, 6) is 2.40. The summed E-state index contributed by atoms with van der Waals surface area (Å²) in [5.41, 5.74) is 1.23. The van der Waals surface area contributed by atoms with Gasteiger partial charge in [-0.1, -0.05) is 6.07 Å². The minimum absolute atomic E-state index is 0.509. The van der Waals surface area contributed by atoms with Crippen molar-refractivity contribution in [3.05, 3.63) is 41.9 Å². The molecule has 4 rings (SSSR count). The first-order valence-corrected chi connectivity index (χ1v) is 12.2. The molecule has 2 aliphatic rings. The molecule has 0 aliphatic carbocycles. The van der Waals surface area contributed by atoms with E-state index in [1.54, 1.807) is 6.33 Å². The van der Waals surface area contributed by atoms with Gasteiger partial charge in [-0.2, -0.15) is 0 Å². The van der Waals surface area contributed by atoms with E-state index in [1.165, 1.54) is 0 Å². The summed E-state index contributed by atoms with van der Waals surface area (Å²) < 4.78 is 17.3. The zero-order chi connectivity index (χ0) is 23.8. The minimum atomic E-state index is -0.788. The van der Waals surface area contributed by atoms with Gasteiger partial charge in [-0.05, 0) is 38.0 Å². The van der Waals surface area contributed by atoms with E-state index in [1.807, 2.05) is 38.1 Å². The van der Waals surface area contributed by atoms with Gasteiger partial charge in [0.25, 0.3) is 0 Å². The van der Waals surface area contributed by atoms with Gasteiger partial charge >= 0.3 is 0 Å². The highest BCUT2D eigenvalue weighted by Gasteiger charge is 2.36. The van der Waals surface area contributed by atoms with Crippen LogP contribution in [-0.4, -0.2) is 91.3 Å². The second kappa shape index (κ2) is 11.8. The third-order valence-electron chi connectivity index (χ3n) is 6.31. The fraction of sp³-hybridized carbons (Fsp3) is 0.600. The molecule has 2 aromatic rings. The molecular formula is C25H37N5O4. The molecule has 9 heteroatoms. The lowest BCUT2D eigenvalue weighted by molar-refractivity contribution is 0.0320. The van der Waals surface area contributed by atoms with Gasteiger partial charge in [0.2, 0.25) is 0 Å². The summed E-state index contributed by atoms with van der Waals surface area (Å²) in [5, 5.41) is 14.5. The van der Waals surface area contributed by atoms with Crippen LogP contribution >= 0.6 is 0 Å². The Morgan fingerprint density at radius 2 is 1.97 bits per heavy atom. The van der Waals surface area contributed by atoms with Gasteiger partial charge in [0.05, 0.1) is 25.4 Å². The van der Waals surface area contributed by atoms with E-state index in [9.17, 15) is 5.11 Å². The van der Waals surface area contributed by atoms with Gasteiger partial charge in [0, 0.05) is 57.6 Å². The summed E-state index contributed by atoms with van der Waals surface area (Å²) in [7, 11) is 0. The maximum absolute atomic E-state index is 11.1. The van der Waals surface area contributed by atoms with Crippen molar-refractivity contribution in [3.8, 4) is 11.5 Å². The number of anilines is 1. The topological polar surface area (TPSA) is 92.2 Å². The summed E-state index contributed by atoms with van der Waals surface area (Å²) in [6.07, 6.45) is 2.27. The third kappa shape index (κ3) is 6.79. The average molecular weight is 472 g/mol. The molecule has 2 fully saturated rings. The second-order valence-electron chi connectivity index (χ2n) is 9.03. The van der Waals surface area contributed by atoms with Gasteiger partial charge in [-0.25, -0.2) is 9.97 Å². The summed E-state index contributed by atoms with van der Waals surface area (Å²) in [4.78, 5) is 13.0. The first kappa shape index (κ1) is 24.7. The zero-order valence-corrected chi connectivity index (χ0v) is 20.3. The lowest BCUT2D eigenvalue weighted by Crippen LogP contribution is -2.43. The Morgan fingerprint density at radius 3 is 2.76 bits per heavy atom. The Bertz CT molecular complexity index is 924. The molecule has 2 saturated heterocycles. The smallest absolute Gasteiger partial charge is 0.161 e. The average Bonchev–Trinajstić information content (AvgIpc) is 3.23. The Labute approximate surface area is 202 Å². The van der Waals surface area contributed by atoms with Crippen molar-refractivity contribution < 1.29 is 19.3 Å². The number of aliphatic hydroxyl groups is 1. The largest absolute Gasteiger partial charge is 0.490 e. The Hall–Kier alpha value is -2.46. The number of benzene rings is 1. The van der Waals surface area contributed by atoms with E-state index in [2.05, 4.69) is 25.1 Å². The monoisotopic (exact) mass is 471 g/mol. The molecule has 186 valence electrons. The van der Waals surface area contributed by atoms with Crippen molar-refractivity contribution in [3.63, 3.8) is 0 Å². The molecule has 1 aromatic heterocycles. The standard InChI is InChI=1S/C25H37N5O4/c1-3-33-23-15-21(4-5-22(23)34-13-10-29-8-11-32-12-9-29)16-26-17-25(31)6-7-30(18-25)24-14-20(2)27-19-28-24/h4-5,14-15,19,26,31H,3,6-13,16-18H2,1-2H3/t25-/m1/s1. The van der Waals surface area contributed by atoms with E-state index in [-0.39, 0.29) is 0 Å². The van der Waals surface area contributed by atoms with Crippen LogP contribution in [0.2, 0.25) is 0 Å². The van der Waals surface area contributed by atoms with Gasteiger partial charge < -0.3 is 29.5 Å². The molecule has 9 nitrogen and oxygen atoms in total. The van der Waals surface area contributed by atoms with Gasteiger partial charge in [0.15, 0.2) is 11.5 Å². The van der Waals surface area contributed by atoms with E-state index >= 15 is 0 Å². The Balaban J connectivity index is 1.26. The molecule has 0 radical (unpaired) electrons. The number of aromatic nitrogens is 2. The van der Waals surface area contributed by atoms with E-state index < -0.39 is 5.60 Å². The number of aryl methyl sites for hydroxylation is 1. The van der Waals surface area contributed by atoms with Crippen molar-refractivity contribution in [2.45, 2.75) is 32.4 Å². The fourth-order valence-electron chi connectivity index (χ4n) is 4.41. The number of rotatable bonds is 11. The zero-order valence-electron chi connectivity index (χ0n) is 20.3. The van der Waals surface area contributed by atoms with Gasteiger partial charge in [-0.15, -0.1) is 0 Å². The van der Waals surface area contributed by atoms with Crippen LogP contribution in [-0.2, 0) is 11.3 Å². The number of hydrogen-bond donors (Lipinski definition) is 2. The fourth-order valence-corrected chi connectivity index (χ4v) is 4.41. The molecule has 0 saturated carbocycles. The highest BCUT2D eigenvalue weighted by molar-refractivity contribution is 5.43.